The number of fused-ring (bicyclic) bond motifs is 1. The lowest BCUT2D eigenvalue weighted by Gasteiger charge is -2.28. The maximum Gasteiger partial charge on any atom is 0.315 e. The number of unbranched alkanes of at least 4 members (excludes halogenated alkanes) is 3. The molecule has 2 aromatic carbocycles. The molecule has 9 nitrogen and oxygen atoms in total. The normalized spacial score (nSPS) is 19.0. The number of nitrogens with one attached hydrogen (secondary N) is 3. The quantitative estimate of drug-likeness (QED) is 0.199. The fourth-order valence-electron chi connectivity index (χ4n) is 6.31. The predicted octanol–water partition coefficient (Wildman–Crippen LogP) is 4.48. The molecule has 3 amide bonds. The van der Waals surface area contributed by atoms with E-state index < -0.39 is 18.2 Å². The summed E-state index contributed by atoms with van der Waals surface area (Å²) in [4.78, 5) is 35.0. The Labute approximate surface area is 263 Å². The highest BCUT2D eigenvalue weighted by molar-refractivity contribution is 5.87. The first-order chi connectivity index (χ1) is 21.4. The van der Waals surface area contributed by atoms with E-state index in [9.17, 15) is 14.7 Å². The fourth-order valence-corrected chi connectivity index (χ4v) is 6.31. The lowest BCUT2D eigenvalue weighted by molar-refractivity contribution is -0.125. The van der Waals surface area contributed by atoms with Gasteiger partial charge in [0.1, 0.15) is 6.04 Å². The van der Waals surface area contributed by atoms with Crippen LogP contribution in [0.1, 0.15) is 82.8 Å². The van der Waals surface area contributed by atoms with Crippen LogP contribution in [0.25, 0.3) is 0 Å². The number of aliphatic imine (C=N–C) groups is 1. The summed E-state index contributed by atoms with van der Waals surface area (Å²) in [5.74, 6) is 1.03. The molecule has 0 saturated carbocycles. The van der Waals surface area contributed by atoms with Gasteiger partial charge in [0.05, 0.1) is 12.6 Å². The first kappa shape index (κ1) is 33.3. The van der Waals surface area contributed by atoms with Gasteiger partial charge in [0.15, 0.2) is 5.96 Å². The van der Waals surface area contributed by atoms with Crippen LogP contribution in [-0.2, 0) is 4.79 Å². The number of rotatable bonds is 17. The van der Waals surface area contributed by atoms with Crippen LogP contribution in [0.4, 0.5) is 4.79 Å². The lowest BCUT2D eigenvalue weighted by Crippen LogP contribution is -2.55. The number of amides is 3. The van der Waals surface area contributed by atoms with Crippen molar-refractivity contribution in [3.05, 3.63) is 71.8 Å². The summed E-state index contributed by atoms with van der Waals surface area (Å²) in [7, 11) is 0. The van der Waals surface area contributed by atoms with Gasteiger partial charge in [0.2, 0.25) is 5.91 Å². The van der Waals surface area contributed by atoms with Gasteiger partial charge in [-0.1, -0.05) is 86.8 Å². The Hall–Kier alpha value is -3.59. The maximum atomic E-state index is 12.9. The largest absolute Gasteiger partial charge is 0.391 e. The van der Waals surface area contributed by atoms with Crippen LogP contribution < -0.4 is 16.0 Å². The molecular formula is C35H52N6O3. The number of hydrogen-bond donors (Lipinski definition) is 4. The van der Waals surface area contributed by atoms with Crippen molar-refractivity contribution >= 4 is 17.9 Å². The number of urea groups is 1. The second-order valence-electron chi connectivity index (χ2n) is 12.3. The third-order valence-electron chi connectivity index (χ3n) is 8.83. The van der Waals surface area contributed by atoms with Crippen molar-refractivity contribution in [1.82, 2.24) is 25.8 Å². The molecule has 44 heavy (non-hydrogen) atoms. The number of carbonyl (C=O) groups excluding carboxylic acids is 2. The molecule has 0 bridgehead atoms. The molecular weight excluding hydrogens is 552 g/mol. The van der Waals surface area contributed by atoms with Crippen molar-refractivity contribution in [2.75, 3.05) is 32.7 Å². The number of aliphatic hydroxyl groups excluding tert-OH is 1. The van der Waals surface area contributed by atoms with Crippen molar-refractivity contribution in [2.45, 2.75) is 95.9 Å². The molecule has 2 heterocycles. The zero-order valence-corrected chi connectivity index (χ0v) is 26.8. The predicted molar refractivity (Wildman–Crippen MR) is 177 cm³/mol. The van der Waals surface area contributed by atoms with E-state index in [1.807, 2.05) is 0 Å². The molecule has 0 spiro atoms. The molecule has 4 N–H and O–H groups in total. The van der Waals surface area contributed by atoms with Crippen LogP contribution in [-0.4, -0.2) is 89.8 Å². The van der Waals surface area contributed by atoms with Crippen LogP contribution in [0.2, 0.25) is 0 Å². The van der Waals surface area contributed by atoms with E-state index in [2.05, 4.69) is 100 Å². The molecule has 1 fully saturated rings. The van der Waals surface area contributed by atoms with Crippen molar-refractivity contribution in [3.63, 3.8) is 0 Å². The van der Waals surface area contributed by atoms with Crippen LogP contribution >= 0.6 is 0 Å². The first-order valence-corrected chi connectivity index (χ1v) is 16.6. The second kappa shape index (κ2) is 17.0. The van der Waals surface area contributed by atoms with Gasteiger partial charge >= 0.3 is 6.03 Å². The minimum atomic E-state index is -1.000. The molecule has 2 aliphatic heterocycles. The molecule has 1 saturated heterocycles. The number of nitrogens with zero attached hydrogens (tertiary/aromatic N) is 3. The van der Waals surface area contributed by atoms with Gasteiger partial charge in [-0.15, -0.1) is 0 Å². The van der Waals surface area contributed by atoms with Crippen LogP contribution in [0, 0.1) is 0 Å². The summed E-state index contributed by atoms with van der Waals surface area (Å²) in [6.07, 6.45) is 5.89. The average molecular weight is 605 g/mol. The Morgan fingerprint density at radius 1 is 0.955 bits per heavy atom. The van der Waals surface area contributed by atoms with Gasteiger partial charge in [-0.2, -0.15) is 0 Å². The Morgan fingerprint density at radius 3 is 2.25 bits per heavy atom. The Bertz CT molecular complexity index is 1150. The Balaban J connectivity index is 1.30. The maximum absolute atomic E-state index is 12.9. The summed E-state index contributed by atoms with van der Waals surface area (Å²) in [5, 5.41) is 18.6. The lowest BCUT2D eigenvalue weighted by atomic mass is 9.88. The van der Waals surface area contributed by atoms with E-state index in [4.69, 9.17) is 4.99 Å². The van der Waals surface area contributed by atoms with Crippen LogP contribution in [0.15, 0.2) is 65.7 Å². The molecule has 0 aromatic heterocycles. The van der Waals surface area contributed by atoms with Crippen molar-refractivity contribution in [2.24, 2.45) is 4.99 Å². The van der Waals surface area contributed by atoms with Gasteiger partial charge < -0.3 is 30.9 Å². The zero-order valence-electron chi connectivity index (χ0n) is 26.8. The summed E-state index contributed by atoms with van der Waals surface area (Å²) < 4.78 is 0. The highest BCUT2D eigenvalue weighted by Gasteiger charge is 2.40. The average Bonchev–Trinajstić information content (AvgIpc) is 3.57. The van der Waals surface area contributed by atoms with Gasteiger partial charge in [-0.25, -0.2) is 4.79 Å². The Kier molecular flexibility index (Phi) is 12.9. The highest BCUT2D eigenvalue weighted by atomic mass is 16.3. The zero-order chi connectivity index (χ0) is 31.3. The van der Waals surface area contributed by atoms with E-state index in [1.165, 1.54) is 18.1 Å². The summed E-state index contributed by atoms with van der Waals surface area (Å²) in [6.45, 7) is 9.59. The first-order valence-electron chi connectivity index (χ1n) is 16.6. The van der Waals surface area contributed by atoms with E-state index in [1.54, 1.807) is 0 Å². The van der Waals surface area contributed by atoms with Gasteiger partial charge in [0, 0.05) is 44.2 Å². The van der Waals surface area contributed by atoms with E-state index in [0.717, 1.165) is 70.5 Å². The summed E-state index contributed by atoms with van der Waals surface area (Å²) in [5.41, 5.74) is 2.64. The smallest absolute Gasteiger partial charge is 0.315 e. The van der Waals surface area contributed by atoms with Crippen LogP contribution in [0.5, 0.6) is 0 Å². The third kappa shape index (κ3) is 9.21. The number of guanidine groups is 1. The van der Waals surface area contributed by atoms with Gasteiger partial charge in [-0.3, -0.25) is 9.79 Å². The van der Waals surface area contributed by atoms with Crippen molar-refractivity contribution in [3.8, 4) is 0 Å². The number of benzene rings is 2. The van der Waals surface area contributed by atoms with E-state index in [0.29, 0.717) is 31.1 Å². The molecule has 0 radical (unpaired) electrons. The monoisotopic (exact) mass is 604 g/mol. The van der Waals surface area contributed by atoms with Crippen molar-refractivity contribution in [1.29, 1.82) is 0 Å². The molecule has 9 heteroatoms. The summed E-state index contributed by atoms with van der Waals surface area (Å²) >= 11 is 0. The molecule has 2 aromatic rings. The van der Waals surface area contributed by atoms with Crippen LogP contribution in [0.3, 0.4) is 0 Å². The molecule has 1 unspecified atom stereocenters. The number of aliphatic hydroxyl groups is 1. The Morgan fingerprint density at radius 2 is 1.61 bits per heavy atom. The van der Waals surface area contributed by atoms with Gasteiger partial charge in [0.25, 0.3) is 0 Å². The van der Waals surface area contributed by atoms with Crippen molar-refractivity contribution < 1.29 is 14.7 Å². The minimum Gasteiger partial charge on any atom is -0.391 e. The van der Waals surface area contributed by atoms with E-state index in [-0.39, 0.29) is 5.91 Å². The summed E-state index contributed by atoms with van der Waals surface area (Å²) in [6, 6.07) is 20.7. The molecule has 4 rings (SSSR count). The number of carbonyl (C=O) groups is 2. The SMILES string of the molecule is CCCCCCNC(=O)N[C@H](C(=O)NCCC[C@H]1CN2C(=NC[C@H]2C)N1CCC(c1ccccc1)c1ccccc1)C(C)O. The number of hydrogen-bond acceptors (Lipinski definition) is 6. The molecule has 0 aliphatic carbocycles. The second-order valence-corrected chi connectivity index (χ2v) is 12.3. The molecule has 240 valence electrons. The third-order valence-corrected chi connectivity index (χ3v) is 8.83. The standard InChI is InChI=1S/C35H52N6O3/c1-4-5-6-13-21-37-34(44)39-32(27(3)42)33(43)36-22-14-19-30-25-41-26(2)24-38-35(41)40(30)23-20-31(28-15-9-7-10-16-28)29-17-11-8-12-18-29/h7-12,15-18,26-27,30-32,42H,4-6,13-14,19-25H2,1-3H3,(H,36,43)(H2,37,39,44)/t26-,27?,30+,32+/m1/s1. The topological polar surface area (TPSA) is 109 Å². The molecule has 4 atom stereocenters. The van der Waals surface area contributed by atoms with Gasteiger partial charge in [-0.05, 0) is 50.7 Å². The fraction of sp³-hybridized carbons (Fsp3) is 0.571. The molecule has 2 aliphatic rings. The van der Waals surface area contributed by atoms with E-state index >= 15 is 0 Å². The highest BCUT2D eigenvalue weighted by Crippen LogP contribution is 2.31. The minimum absolute atomic E-state index is 0.296.